The lowest BCUT2D eigenvalue weighted by molar-refractivity contribution is -0.130. The van der Waals surface area contributed by atoms with Crippen molar-refractivity contribution in [1.29, 1.82) is 0 Å². The predicted molar refractivity (Wildman–Crippen MR) is 81.0 cm³/mol. The molecule has 7 nitrogen and oxygen atoms in total. The fraction of sp³-hybridized carbons (Fsp3) is 0.643. The summed E-state index contributed by atoms with van der Waals surface area (Å²) in [6.45, 7) is 4.53. The first-order valence-electron chi connectivity index (χ1n) is 7.00. The predicted octanol–water partition coefficient (Wildman–Crippen LogP) is -0.621. The Morgan fingerprint density at radius 2 is 2.00 bits per heavy atom. The van der Waals surface area contributed by atoms with E-state index >= 15 is 0 Å². The van der Waals surface area contributed by atoms with Crippen LogP contribution in [-0.4, -0.2) is 39.6 Å². The molecule has 0 fully saturated rings. The normalized spacial score (nSPS) is 12.5. The summed E-state index contributed by atoms with van der Waals surface area (Å²) in [4.78, 5) is 36.8. The number of hydrogen-bond donors (Lipinski definition) is 1. The third kappa shape index (κ3) is 4.56. The quantitative estimate of drug-likeness (QED) is 0.757. The molecule has 1 heterocycles. The van der Waals surface area contributed by atoms with E-state index in [9.17, 15) is 14.4 Å². The van der Waals surface area contributed by atoms with Gasteiger partial charge in [0.25, 0.3) is 5.56 Å². The number of nitrogens with two attached hydrogens (primary N) is 1. The molecule has 21 heavy (non-hydrogen) atoms. The average Bonchev–Trinajstić information content (AvgIpc) is 2.44. The molecule has 0 aliphatic rings. The maximum atomic E-state index is 12.1. The summed E-state index contributed by atoms with van der Waals surface area (Å²) in [5, 5.41) is 0. The van der Waals surface area contributed by atoms with Gasteiger partial charge in [-0.3, -0.25) is 18.7 Å². The summed E-state index contributed by atoms with van der Waals surface area (Å²) in [5.74, 6) is 0.173. The minimum Gasteiger partial charge on any atom is -0.344 e. The van der Waals surface area contributed by atoms with Gasteiger partial charge in [-0.15, -0.1) is 0 Å². The van der Waals surface area contributed by atoms with Gasteiger partial charge in [-0.1, -0.05) is 13.8 Å². The molecule has 1 aromatic rings. The summed E-state index contributed by atoms with van der Waals surface area (Å²) in [7, 11) is 3.07. The van der Waals surface area contributed by atoms with Crippen molar-refractivity contribution in [3.8, 4) is 0 Å². The lowest BCUT2D eigenvalue weighted by atomic mass is 10.0. The number of amides is 1. The molecule has 1 rings (SSSR count). The number of carbonyl (C=O) groups is 1. The van der Waals surface area contributed by atoms with Crippen molar-refractivity contribution >= 4 is 5.91 Å². The van der Waals surface area contributed by atoms with Crippen LogP contribution in [0.1, 0.15) is 20.3 Å². The number of nitrogens with zero attached hydrogens (tertiary/aromatic N) is 3. The molecule has 0 saturated heterocycles. The molecule has 1 amide bonds. The van der Waals surface area contributed by atoms with Crippen LogP contribution in [0.15, 0.2) is 21.9 Å². The van der Waals surface area contributed by atoms with E-state index in [1.54, 1.807) is 11.9 Å². The molecule has 118 valence electrons. The van der Waals surface area contributed by atoms with Gasteiger partial charge in [0.15, 0.2) is 0 Å². The van der Waals surface area contributed by atoms with E-state index in [-0.39, 0.29) is 24.1 Å². The van der Waals surface area contributed by atoms with Crippen molar-refractivity contribution in [3.05, 3.63) is 33.1 Å². The topological polar surface area (TPSA) is 90.3 Å². The van der Waals surface area contributed by atoms with Crippen LogP contribution in [0.4, 0.5) is 0 Å². The molecule has 7 heteroatoms. The van der Waals surface area contributed by atoms with E-state index in [0.717, 1.165) is 4.57 Å². The first kappa shape index (κ1) is 17.2. The molecule has 2 N–H and O–H groups in total. The first-order valence-corrected chi connectivity index (χ1v) is 7.00. The van der Waals surface area contributed by atoms with Gasteiger partial charge in [-0.05, 0) is 12.3 Å². The number of rotatable bonds is 6. The highest BCUT2D eigenvalue weighted by Gasteiger charge is 2.14. The zero-order chi connectivity index (χ0) is 16.2. The van der Waals surface area contributed by atoms with E-state index in [0.29, 0.717) is 18.9 Å². The highest BCUT2D eigenvalue weighted by Crippen LogP contribution is 2.03. The third-order valence-electron chi connectivity index (χ3n) is 3.65. The smallest absolute Gasteiger partial charge is 0.331 e. The van der Waals surface area contributed by atoms with Crippen molar-refractivity contribution < 1.29 is 4.79 Å². The average molecular weight is 296 g/mol. The number of carbonyl (C=O) groups excluding carboxylic acids is 1. The van der Waals surface area contributed by atoms with Crippen LogP contribution in [-0.2, 0) is 18.4 Å². The minimum atomic E-state index is -0.497. The van der Waals surface area contributed by atoms with Crippen LogP contribution in [0, 0.1) is 5.92 Å². The third-order valence-corrected chi connectivity index (χ3v) is 3.65. The van der Waals surface area contributed by atoms with Crippen molar-refractivity contribution in [3.63, 3.8) is 0 Å². The Hall–Kier alpha value is -1.89. The van der Waals surface area contributed by atoms with Crippen LogP contribution in [0.3, 0.4) is 0 Å². The molecule has 0 bridgehead atoms. The van der Waals surface area contributed by atoms with Crippen LogP contribution in [0.5, 0.6) is 0 Å². The van der Waals surface area contributed by atoms with Crippen LogP contribution >= 0.6 is 0 Å². The summed E-state index contributed by atoms with van der Waals surface area (Å²) < 4.78 is 2.20. The second-order valence-electron chi connectivity index (χ2n) is 5.64. The number of hydrogen-bond acceptors (Lipinski definition) is 4. The van der Waals surface area contributed by atoms with E-state index < -0.39 is 5.69 Å². The zero-order valence-corrected chi connectivity index (χ0v) is 13.1. The lowest BCUT2D eigenvalue weighted by Gasteiger charge is -2.22. The summed E-state index contributed by atoms with van der Waals surface area (Å²) >= 11 is 0. The Morgan fingerprint density at radius 1 is 1.38 bits per heavy atom. The zero-order valence-electron chi connectivity index (χ0n) is 13.1. The second kappa shape index (κ2) is 7.21. The molecular formula is C14H24N4O3. The molecule has 0 saturated carbocycles. The van der Waals surface area contributed by atoms with E-state index in [2.05, 4.69) is 0 Å². The van der Waals surface area contributed by atoms with Gasteiger partial charge in [-0.25, -0.2) is 4.79 Å². The molecule has 1 aromatic heterocycles. The maximum Gasteiger partial charge on any atom is 0.331 e. The van der Waals surface area contributed by atoms with E-state index in [1.165, 1.54) is 23.9 Å². The molecule has 1 unspecified atom stereocenters. The largest absolute Gasteiger partial charge is 0.344 e. The molecular weight excluding hydrogens is 272 g/mol. The minimum absolute atomic E-state index is 0.0421. The SMILES string of the molecule is CC(C)C(N)CCN(C)C(=O)Cn1ccc(=O)n(C)c1=O. The second-order valence-corrected chi connectivity index (χ2v) is 5.64. The number of likely N-dealkylation sites (N-methyl/N-ethyl adjacent to an activating group) is 1. The molecule has 0 radical (unpaired) electrons. The standard InChI is InChI=1S/C14H24N4O3/c1-10(2)11(15)5-7-16(3)13(20)9-18-8-6-12(19)17(4)14(18)21/h6,8,10-11H,5,7,9,15H2,1-4H3. The van der Waals surface area contributed by atoms with Crippen LogP contribution in [0.25, 0.3) is 0 Å². The lowest BCUT2D eigenvalue weighted by Crippen LogP contribution is -2.41. The number of aromatic nitrogens is 2. The van der Waals surface area contributed by atoms with Crippen molar-refractivity contribution in [2.24, 2.45) is 18.7 Å². The van der Waals surface area contributed by atoms with Gasteiger partial charge >= 0.3 is 5.69 Å². The Balaban J connectivity index is 2.67. The fourth-order valence-corrected chi connectivity index (χ4v) is 1.80. The van der Waals surface area contributed by atoms with Crippen LogP contribution < -0.4 is 17.0 Å². The Kier molecular flexibility index (Phi) is 5.90. The van der Waals surface area contributed by atoms with Gasteiger partial charge in [-0.2, -0.15) is 0 Å². The van der Waals surface area contributed by atoms with Gasteiger partial charge in [0.05, 0.1) is 0 Å². The fourth-order valence-electron chi connectivity index (χ4n) is 1.80. The highest BCUT2D eigenvalue weighted by molar-refractivity contribution is 5.75. The van der Waals surface area contributed by atoms with Crippen LogP contribution in [0.2, 0.25) is 0 Å². The molecule has 0 aromatic carbocycles. The van der Waals surface area contributed by atoms with Gasteiger partial charge in [0, 0.05) is 38.9 Å². The Morgan fingerprint density at radius 3 is 2.57 bits per heavy atom. The summed E-state index contributed by atoms with van der Waals surface area (Å²) in [6.07, 6.45) is 2.05. The van der Waals surface area contributed by atoms with E-state index in [1.807, 2.05) is 13.8 Å². The maximum absolute atomic E-state index is 12.1. The van der Waals surface area contributed by atoms with E-state index in [4.69, 9.17) is 5.73 Å². The summed E-state index contributed by atoms with van der Waals surface area (Å²) in [6, 6.07) is 1.31. The molecule has 0 spiro atoms. The monoisotopic (exact) mass is 296 g/mol. The highest BCUT2D eigenvalue weighted by atomic mass is 16.2. The molecule has 0 aliphatic carbocycles. The first-order chi connectivity index (χ1) is 9.73. The van der Waals surface area contributed by atoms with Crippen molar-refractivity contribution in [1.82, 2.24) is 14.0 Å². The van der Waals surface area contributed by atoms with Crippen molar-refractivity contribution in [2.75, 3.05) is 13.6 Å². The Labute approximate surface area is 124 Å². The van der Waals surface area contributed by atoms with Crippen molar-refractivity contribution in [2.45, 2.75) is 32.9 Å². The van der Waals surface area contributed by atoms with Gasteiger partial charge in [0.1, 0.15) is 6.54 Å². The molecule has 0 aliphatic heterocycles. The summed E-state index contributed by atoms with van der Waals surface area (Å²) in [5.41, 5.74) is 5.06. The molecule has 1 atom stereocenters. The van der Waals surface area contributed by atoms with Gasteiger partial charge < -0.3 is 10.6 Å². The van der Waals surface area contributed by atoms with Gasteiger partial charge in [0.2, 0.25) is 5.91 Å². The Bertz CT molecular complexity index is 603.